The molecule has 0 saturated carbocycles. The van der Waals surface area contributed by atoms with Crippen LogP contribution in [-0.4, -0.2) is 9.97 Å². The summed E-state index contributed by atoms with van der Waals surface area (Å²) in [7, 11) is 0. The Bertz CT molecular complexity index is 3610. The van der Waals surface area contributed by atoms with E-state index in [-0.39, 0.29) is 0 Å². The molecule has 2 aromatic heterocycles. The van der Waals surface area contributed by atoms with Crippen molar-refractivity contribution in [2.75, 3.05) is 0 Å². The van der Waals surface area contributed by atoms with E-state index in [0.717, 1.165) is 43.7 Å². The summed E-state index contributed by atoms with van der Waals surface area (Å²) in [6, 6.07) is 70.4. The summed E-state index contributed by atoms with van der Waals surface area (Å²) in [5.74, 6) is 0. The maximum Gasteiger partial charge on any atom is 0.0708 e. The topological polar surface area (TPSA) is 25.8 Å². The van der Waals surface area contributed by atoms with Gasteiger partial charge in [0.2, 0.25) is 0 Å². The van der Waals surface area contributed by atoms with E-state index in [9.17, 15) is 0 Å². The van der Waals surface area contributed by atoms with Gasteiger partial charge in [-0.05, 0) is 95.0 Å². The number of fused-ring (bicyclic) bond motifs is 9. The van der Waals surface area contributed by atoms with Gasteiger partial charge in [-0.15, -0.1) is 0 Å². The molecular weight excluding hydrogens is 701 g/mol. The average Bonchev–Trinajstić information content (AvgIpc) is 3.30. The second-order valence-electron chi connectivity index (χ2n) is 15.2. The van der Waals surface area contributed by atoms with Crippen LogP contribution in [-0.2, 0) is 0 Å². The Morgan fingerprint density at radius 3 is 1.16 bits per heavy atom. The number of benzene rings is 10. The second-order valence-corrected chi connectivity index (χ2v) is 15.2. The molecular formula is C56H34N2. The lowest BCUT2D eigenvalue weighted by atomic mass is 9.83. The Morgan fingerprint density at radius 2 is 0.621 bits per heavy atom. The van der Waals surface area contributed by atoms with Crippen LogP contribution >= 0.6 is 0 Å². The van der Waals surface area contributed by atoms with Crippen molar-refractivity contribution < 1.29 is 0 Å². The fourth-order valence-electron chi connectivity index (χ4n) is 9.57. The number of aromatic nitrogens is 2. The summed E-state index contributed by atoms with van der Waals surface area (Å²) in [4.78, 5) is 10.1. The lowest BCUT2D eigenvalue weighted by Gasteiger charge is -2.20. The van der Waals surface area contributed by atoms with Gasteiger partial charge in [0.25, 0.3) is 0 Å². The van der Waals surface area contributed by atoms with E-state index < -0.39 is 0 Å². The average molecular weight is 735 g/mol. The molecule has 2 nitrogen and oxygen atoms in total. The molecule has 0 bridgehead atoms. The summed E-state index contributed by atoms with van der Waals surface area (Å²) >= 11 is 0. The molecule has 12 aromatic rings. The van der Waals surface area contributed by atoms with Crippen molar-refractivity contribution in [2.45, 2.75) is 0 Å². The van der Waals surface area contributed by atoms with Crippen LogP contribution in [0.5, 0.6) is 0 Å². The Balaban J connectivity index is 1.13. The normalized spacial score (nSPS) is 11.8. The minimum atomic E-state index is 0.993. The lowest BCUT2D eigenvalue weighted by molar-refractivity contribution is 1.44. The highest BCUT2D eigenvalue weighted by Crippen LogP contribution is 2.48. The van der Waals surface area contributed by atoms with Gasteiger partial charge in [0.05, 0.1) is 11.0 Å². The number of para-hydroxylation sites is 2. The first-order valence-corrected chi connectivity index (χ1v) is 19.9. The Morgan fingerprint density at radius 1 is 0.241 bits per heavy atom. The minimum Gasteiger partial charge on any atom is -0.256 e. The van der Waals surface area contributed by atoms with E-state index in [0.29, 0.717) is 0 Å². The van der Waals surface area contributed by atoms with Crippen molar-refractivity contribution >= 4 is 75.7 Å². The van der Waals surface area contributed by atoms with Gasteiger partial charge < -0.3 is 0 Å². The lowest BCUT2D eigenvalue weighted by Crippen LogP contribution is -1.94. The van der Waals surface area contributed by atoms with Crippen molar-refractivity contribution in [3.63, 3.8) is 0 Å². The Labute approximate surface area is 335 Å². The maximum atomic E-state index is 5.07. The highest BCUT2D eigenvalue weighted by atomic mass is 14.7. The van der Waals surface area contributed by atoms with Gasteiger partial charge in [0, 0.05) is 44.7 Å². The highest BCUT2D eigenvalue weighted by Gasteiger charge is 2.22. The molecule has 0 aliphatic carbocycles. The molecule has 2 heterocycles. The zero-order chi connectivity index (χ0) is 38.2. The third kappa shape index (κ3) is 4.92. The molecule has 268 valence electrons. The number of nitrogens with zero attached hydrogens (tertiary/aromatic N) is 2. The Hall–Kier alpha value is -7.68. The van der Waals surface area contributed by atoms with Crippen molar-refractivity contribution in [2.24, 2.45) is 0 Å². The molecule has 2 heteroatoms. The predicted molar refractivity (Wildman–Crippen MR) is 246 cm³/mol. The van der Waals surface area contributed by atoms with Gasteiger partial charge in [-0.2, -0.15) is 0 Å². The van der Waals surface area contributed by atoms with E-state index in [1.165, 1.54) is 76.5 Å². The molecule has 10 aromatic carbocycles. The van der Waals surface area contributed by atoms with Crippen LogP contribution in [0, 0.1) is 0 Å². The summed E-state index contributed by atoms with van der Waals surface area (Å²) in [6.07, 6.45) is 4.18. The largest absolute Gasteiger partial charge is 0.256 e. The summed E-state index contributed by atoms with van der Waals surface area (Å²) in [5.41, 5.74) is 11.6. The van der Waals surface area contributed by atoms with Crippen LogP contribution in [0.15, 0.2) is 207 Å². The molecule has 0 atom stereocenters. The van der Waals surface area contributed by atoms with Gasteiger partial charge in [-0.1, -0.05) is 176 Å². The fourth-order valence-corrected chi connectivity index (χ4v) is 9.57. The monoisotopic (exact) mass is 734 g/mol. The summed E-state index contributed by atoms with van der Waals surface area (Å²) < 4.78 is 0. The van der Waals surface area contributed by atoms with Gasteiger partial charge in [0.15, 0.2) is 0 Å². The van der Waals surface area contributed by atoms with Gasteiger partial charge in [0.1, 0.15) is 0 Å². The fraction of sp³-hybridized carbons (Fsp3) is 0. The molecule has 0 radical (unpaired) electrons. The minimum absolute atomic E-state index is 0.993. The van der Waals surface area contributed by atoms with Crippen molar-refractivity contribution in [1.29, 1.82) is 0 Å². The van der Waals surface area contributed by atoms with Crippen LogP contribution in [0.4, 0.5) is 0 Å². The number of hydrogen-bond acceptors (Lipinski definition) is 2. The predicted octanol–water partition coefficient (Wildman–Crippen LogP) is 15.2. The zero-order valence-corrected chi connectivity index (χ0v) is 31.5. The molecule has 12 rings (SSSR count). The zero-order valence-electron chi connectivity index (χ0n) is 31.5. The molecule has 0 fully saturated rings. The molecule has 0 aliphatic heterocycles. The molecule has 0 amide bonds. The summed E-state index contributed by atoms with van der Waals surface area (Å²) in [5, 5.41) is 14.4. The summed E-state index contributed by atoms with van der Waals surface area (Å²) in [6.45, 7) is 0. The van der Waals surface area contributed by atoms with E-state index in [1.807, 2.05) is 0 Å². The van der Waals surface area contributed by atoms with E-state index in [2.05, 4.69) is 207 Å². The molecule has 0 aliphatic rings. The standard InChI is InChI=1S/C56H34N2/c1-2-15-36(16-3-1)53-43-20-8-6-18-41(43)51(47-33-57-49-24-12-10-22-45(49)55(47)53)37-27-29-38(30-28-37)52-42-19-7-9-21-44(42)54(40-31-26-35-14-4-5-17-39(35)32-40)56-46-23-11-13-25-50(46)58-34-48(52)56/h1-34H. The van der Waals surface area contributed by atoms with Crippen molar-refractivity contribution in [1.82, 2.24) is 9.97 Å². The number of hydrogen-bond donors (Lipinski definition) is 0. The third-order valence-corrected chi connectivity index (χ3v) is 12.1. The first kappa shape index (κ1) is 32.6. The van der Waals surface area contributed by atoms with Crippen LogP contribution < -0.4 is 0 Å². The van der Waals surface area contributed by atoms with E-state index in [4.69, 9.17) is 9.97 Å². The van der Waals surface area contributed by atoms with Gasteiger partial charge >= 0.3 is 0 Å². The number of rotatable bonds is 4. The van der Waals surface area contributed by atoms with Crippen molar-refractivity contribution in [3.8, 4) is 44.5 Å². The van der Waals surface area contributed by atoms with Gasteiger partial charge in [-0.3, -0.25) is 9.97 Å². The smallest absolute Gasteiger partial charge is 0.0708 e. The third-order valence-electron chi connectivity index (χ3n) is 12.1. The molecule has 0 saturated heterocycles. The quantitative estimate of drug-likeness (QED) is 0.133. The number of pyridine rings is 2. The first-order chi connectivity index (χ1) is 28.8. The second kappa shape index (κ2) is 12.9. The van der Waals surface area contributed by atoms with E-state index >= 15 is 0 Å². The maximum absolute atomic E-state index is 5.07. The highest BCUT2D eigenvalue weighted by molar-refractivity contribution is 6.29. The van der Waals surface area contributed by atoms with Gasteiger partial charge in [-0.25, -0.2) is 0 Å². The Kier molecular flexibility index (Phi) is 7.26. The molecule has 58 heavy (non-hydrogen) atoms. The van der Waals surface area contributed by atoms with Crippen LogP contribution in [0.3, 0.4) is 0 Å². The molecule has 0 unspecified atom stereocenters. The van der Waals surface area contributed by atoms with E-state index in [1.54, 1.807) is 0 Å². The SMILES string of the molecule is c1ccc(-c2c3ccccc3c(-c3ccc(-c4c5ccccc5c(-c5ccc6ccccc6c5)c5c4cnc4ccccc45)cc3)c3cnc4ccccc4c23)cc1. The first-order valence-electron chi connectivity index (χ1n) is 19.9. The van der Waals surface area contributed by atoms with Crippen molar-refractivity contribution in [3.05, 3.63) is 207 Å². The van der Waals surface area contributed by atoms with Crippen LogP contribution in [0.2, 0.25) is 0 Å². The molecule has 0 spiro atoms. The van der Waals surface area contributed by atoms with Crippen LogP contribution in [0.1, 0.15) is 0 Å². The van der Waals surface area contributed by atoms with Crippen LogP contribution in [0.25, 0.3) is 120 Å². The molecule has 0 N–H and O–H groups in total.